The normalized spacial score (nSPS) is 38.5. The molecule has 3 atom stereocenters. The zero-order chi connectivity index (χ0) is 8.27. The number of aliphatic hydroxyl groups excluding tert-OH is 1. The SMILES string of the molecule is O=CC1C[C@@H](O)C[C@@H](CCl)O1. The second-order valence-corrected chi connectivity index (χ2v) is 3.02. The zero-order valence-electron chi connectivity index (χ0n) is 6.07. The Balaban J connectivity index is 2.43. The van der Waals surface area contributed by atoms with Gasteiger partial charge in [0.25, 0.3) is 0 Å². The summed E-state index contributed by atoms with van der Waals surface area (Å²) in [5.41, 5.74) is 0. The molecule has 0 saturated carbocycles. The Morgan fingerprint density at radius 2 is 2.36 bits per heavy atom. The van der Waals surface area contributed by atoms with E-state index < -0.39 is 12.2 Å². The Kier molecular flexibility index (Phi) is 3.30. The highest BCUT2D eigenvalue weighted by Gasteiger charge is 2.27. The van der Waals surface area contributed by atoms with Crippen LogP contribution in [0.3, 0.4) is 0 Å². The molecule has 0 aromatic rings. The lowest BCUT2D eigenvalue weighted by molar-refractivity contribution is -0.132. The highest BCUT2D eigenvalue weighted by molar-refractivity contribution is 6.18. The van der Waals surface area contributed by atoms with Gasteiger partial charge in [0, 0.05) is 18.7 Å². The fraction of sp³-hybridized carbons (Fsp3) is 0.857. The first-order valence-electron chi connectivity index (χ1n) is 3.61. The molecule has 11 heavy (non-hydrogen) atoms. The summed E-state index contributed by atoms with van der Waals surface area (Å²) in [6.07, 6.45) is 0.563. The third-order valence-corrected chi connectivity index (χ3v) is 2.07. The quantitative estimate of drug-likeness (QED) is 0.490. The Morgan fingerprint density at radius 3 is 2.91 bits per heavy atom. The van der Waals surface area contributed by atoms with Crippen molar-refractivity contribution in [2.24, 2.45) is 0 Å². The van der Waals surface area contributed by atoms with Crippen molar-refractivity contribution in [2.75, 3.05) is 5.88 Å². The molecule has 1 aliphatic rings. The number of rotatable bonds is 2. The molecule has 0 aliphatic carbocycles. The number of aliphatic hydroxyl groups is 1. The first-order valence-corrected chi connectivity index (χ1v) is 4.14. The van der Waals surface area contributed by atoms with E-state index in [1.54, 1.807) is 0 Å². The van der Waals surface area contributed by atoms with Crippen LogP contribution in [0.15, 0.2) is 0 Å². The molecular formula is C7H11ClO3. The van der Waals surface area contributed by atoms with Crippen LogP contribution < -0.4 is 0 Å². The van der Waals surface area contributed by atoms with E-state index >= 15 is 0 Å². The molecule has 1 heterocycles. The summed E-state index contributed by atoms with van der Waals surface area (Å²) in [5.74, 6) is 0.335. The topological polar surface area (TPSA) is 46.5 Å². The van der Waals surface area contributed by atoms with Gasteiger partial charge in [0.1, 0.15) is 12.4 Å². The van der Waals surface area contributed by atoms with Crippen molar-refractivity contribution < 1.29 is 14.6 Å². The molecule has 0 bridgehead atoms. The first kappa shape index (κ1) is 8.97. The number of hydrogen-bond donors (Lipinski definition) is 1. The predicted molar refractivity (Wildman–Crippen MR) is 40.7 cm³/mol. The maximum absolute atomic E-state index is 10.3. The zero-order valence-corrected chi connectivity index (χ0v) is 6.83. The molecule has 4 heteroatoms. The number of alkyl halides is 1. The van der Waals surface area contributed by atoms with Crippen LogP contribution in [0, 0.1) is 0 Å². The van der Waals surface area contributed by atoms with Crippen LogP contribution in [0.4, 0.5) is 0 Å². The summed E-state index contributed by atoms with van der Waals surface area (Å²) in [6, 6.07) is 0. The third kappa shape index (κ3) is 2.43. The highest BCUT2D eigenvalue weighted by Crippen LogP contribution is 2.19. The predicted octanol–water partition coefficient (Wildman–Crippen LogP) is 0.333. The van der Waals surface area contributed by atoms with Gasteiger partial charge in [-0.05, 0) is 0 Å². The van der Waals surface area contributed by atoms with Gasteiger partial charge in [0.2, 0.25) is 0 Å². The number of ether oxygens (including phenoxy) is 1. The van der Waals surface area contributed by atoms with Crippen molar-refractivity contribution in [3.8, 4) is 0 Å². The third-order valence-electron chi connectivity index (χ3n) is 1.73. The number of hydrogen-bond acceptors (Lipinski definition) is 3. The lowest BCUT2D eigenvalue weighted by Crippen LogP contribution is -2.37. The average molecular weight is 179 g/mol. The van der Waals surface area contributed by atoms with Gasteiger partial charge in [-0.2, -0.15) is 0 Å². The molecule has 0 amide bonds. The molecule has 1 rings (SSSR count). The van der Waals surface area contributed by atoms with E-state index in [0.717, 1.165) is 0 Å². The summed E-state index contributed by atoms with van der Waals surface area (Å²) in [6.45, 7) is 0. The lowest BCUT2D eigenvalue weighted by Gasteiger charge is -2.28. The minimum atomic E-state index is -0.470. The van der Waals surface area contributed by atoms with Crippen molar-refractivity contribution in [1.29, 1.82) is 0 Å². The summed E-state index contributed by atoms with van der Waals surface area (Å²) >= 11 is 5.52. The van der Waals surface area contributed by atoms with Crippen molar-refractivity contribution in [2.45, 2.75) is 31.2 Å². The van der Waals surface area contributed by atoms with E-state index in [1.165, 1.54) is 0 Å². The van der Waals surface area contributed by atoms with E-state index in [1.807, 2.05) is 0 Å². The molecule has 64 valence electrons. The minimum Gasteiger partial charge on any atom is -0.393 e. The van der Waals surface area contributed by atoms with Gasteiger partial charge < -0.3 is 14.6 Å². The summed E-state index contributed by atoms with van der Waals surface area (Å²) in [5, 5.41) is 9.21. The Labute approximate surface area is 70.3 Å². The molecule has 0 spiro atoms. The van der Waals surface area contributed by atoms with Gasteiger partial charge in [0.15, 0.2) is 0 Å². The van der Waals surface area contributed by atoms with Crippen LogP contribution >= 0.6 is 11.6 Å². The van der Waals surface area contributed by atoms with Crippen LogP contribution in [0.5, 0.6) is 0 Å². The van der Waals surface area contributed by atoms with Crippen LogP contribution in [0.25, 0.3) is 0 Å². The number of carbonyl (C=O) groups is 1. The maximum atomic E-state index is 10.3. The lowest BCUT2D eigenvalue weighted by atomic mass is 10.0. The van der Waals surface area contributed by atoms with Crippen molar-refractivity contribution in [3.05, 3.63) is 0 Å². The van der Waals surface area contributed by atoms with Crippen LogP contribution in [0.2, 0.25) is 0 Å². The highest BCUT2D eigenvalue weighted by atomic mass is 35.5. The Hall–Kier alpha value is -0.120. The summed E-state index contributed by atoms with van der Waals surface area (Å²) in [7, 11) is 0. The van der Waals surface area contributed by atoms with E-state index in [9.17, 15) is 9.90 Å². The van der Waals surface area contributed by atoms with Gasteiger partial charge in [0.05, 0.1) is 12.2 Å². The molecule has 0 aromatic heterocycles. The molecule has 1 aliphatic heterocycles. The molecule has 1 N–H and O–H groups in total. The molecule has 1 unspecified atom stereocenters. The monoisotopic (exact) mass is 178 g/mol. The standard InChI is InChI=1S/C7H11ClO3/c8-3-6-1-5(10)2-7(4-9)11-6/h4-7,10H,1-3H2/t5-,6-,7?/m0/s1. The molecule has 1 fully saturated rings. The van der Waals surface area contributed by atoms with Crippen molar-refractivity contribution in [3.63, 3.8) is 0 Å². The fourth-order valence-electron chi connectivity index (χ4n) is 1.21. The Bertz CT molecular complexity index is 140. The van der Waals surface area contributed by atoms with E-state index in [-0.39, 0.29) is 6.10 Å². The number of aldehydes is 1. The second kappa shape index (κ2) is 4.04. The Morgan fingerprint density at radius 1 is 1.64 bits per heavy atom. The molecular weight excluding hydrogens is 168 g/mol. The molecule has 0 aromatic carbocycles. The van der Waals surface area contributed by atoms with E-state index in [2.05, 4.69) is 0 Å². The van der Waals surface area contributed by atoms with E-state index in [4.69, 9.17) is 16.3 Å². The number of halogens is 1. The van der Waals surface area contributed by atoms with Crippen molar-refractivity contribution in [1.82, 2.24) is 0 Å². The van der Waals surface area contributed by atoms with E-state index in [0.29, 0.717) is 25.0 Å². The largest absolute Gasteiger partial charge is 0.393 e. The van der Waals surface area contributed by atoms with Crippen LogP contribution in [-0.2, 0) is 9.53 Å². The summed E-state index contributed by atoms with van der Waals surface area (Å²) in [4.78, 5) is 10.3. The van der Waals surface area contributed by atoms with Gasteiger partial charge >= 0.3 is 0 Å². The van der Waals surface area contributed by atoms with Crippen LogP contribution in [-0.4, -0.2) is 35.6 Å². The number of carbonyl (C=O) groups excluding carboxylic acids is 1. The van der Waals surface area contributed by atoms with Gasteiger partial charge in [-0.15, -0.1) is 11.6 Å². The smallest absolute Gasteiger partial charge is 0.148 e. The molecule has 1 saturated heterocycles. The van der Waals surface area contributed by atoms with Crippen molar-refractivity contribution >= 4 is 17.9 Å². The summed E-state index contributed by atoms with van der Waals surface area (Å²) < 4.78 is 5.20. The molecule has 3 nitrogen and oxygen atoms in total. The average Bonchev–Trinajstić information content (AvgIpc) is 2.03. The first-order chi connectivity index (χ1) is 5.26. The fourth-order valence-corrected chi connectivity index (χ4v) is 1.41. The van der Waals surface area contributed by atoms with Gasteiger partial charge in [-0.1, -0.05) is 0 Å². The maximum Gasteiger partial charge on any atom is 0.148 e. The minimum absolute atomic E-state index is 0.171. The van der Waals surface area contributed by atoms with Gasteiger partial charge in [-0.25, -0.2) is 0 Å². The van der Waals surface area contributed by atoms with Crippen LogP contribution in [0.1, 0.15) is 12.8 Å². The van der Waals surface area contributed by atoms with Gasteiger partial charge in [-0.3, -0.25) is 0 Å². The second-order valence-electron chi connectivity index (χ2n) is 2.71. The molecule has 0 radical (unpaired) electrons.